The number of methoxy groups -OCH3 is 1. The molecule has 1 unspecified atom stereocenters. The van der Waals surface area contributed by atoms with Gasteiger partial charge in [-0.15, -0.1) is 0 Å². The summed E-state index contributed by atoms with van der Waals surface area (Å²) in [6.07, 6.45) is 6.08. The zero-order chi connectivity index (χ0) is 11.4. The summed E-state index contributed by atoms with van der Waals surface area (Å²) in [6, 6.07) is 0.625. The number of aliphatic imine (C=N–C) groups is 1. The first-order chi connectivity index (χ1) is 7.78. The maximum Gasteiger partial charge on any atom is 0.156 e. The van der Waals surface area contributed by atoms with E-state index in [0.717, 1.165) is 11.7 Å². The van der Waals surface area contributed by atoms with E-state index in [9.17, 15) is 0 Å². The fourth-order valence-corrected chi connectivity index (χ4v) is 3.20. The summed E-state index contributed by atoms with van der Waals surface area (Å²) in [6.45, 7) is 3.06. The third kappa shape index (κ3) is 2.72. The molecule has 1 aliphatic carbocycles. The highest BCUT2D eigenvalue weighted by atomic mass is 32.2. The van der Waals surface area contributed by atoms with Crippen LogP contribution in [0.25, 0.3) is 0 Å². The first kappa shape index (κ1) is 12.2. The summed E-state index contributed by atoms with van der Waals surface area (Å²) in [5.74, 6) is 1.20. The molecule has 2 fully saturated rings. The van der Waals surface area contributed by atoms with E-state index in [4.69, 9.17) is 4.74 Å². The van der Waals surface area contributed by atoms with Crippen LogP contribution in [-0.4, -0.2) is 36.2 Å². The number of rotatable bonds is 4. The van der Waals surface area contributed by atoms with Crippen LogP contribution < -0.4 is 5.32 Å². The lowest BCUT2D eigenvalue weighted by molar-refractivity contribution is -0.0629. The second kappa shape index (κ2) is 5.41. The number of amidine groups is 1. The fourth-order valence-electron chi connectivity index (χ4n) is 2.20. The van der Waals surface area contributed by atoms with Gasteiger partial charge in [0.1, 0.15) is 0 Å². The number of thioether (sulfide) groups is 1. The van der Waals surface area contributed by atoms with Crippen molar-refractivity contribution in [2.45, 2.75) is 50.7 Å². The second-order valence-electron chi connectivity index (χ2n) is 4.75. The first-order valence-corrected chi connectivity index (χ1v) is 7.25. The molecule has 3 nitrogen and oxygen atoms in total. The summed E-state index contributed by atoms with van der Waals surface area (Å²) >= 11 is 1.85. The highest BCUT2D eigenvalue weighted by molar-refractivity contribution is 8.13. The molecule has 0 aromatic heterocycles. The van der Waals surface area contributed by atoms with Gasteiger partial charge in [-0.2, -0.15) is 0 Å². The molecule has 1 aliphatic heterocycles. The van der Waals surface area contributed by atoms with E-state index in [2.05, 4.69) is 17.2 Å². The molecule has 1 saturated heterocycles. The molecule has 2 aliphatic rings. The van der Waals surface area contributed by atoms with Crippen molar-refractivity contribution in [1.29, 1.82) is 0 Å². The van der Waals surface area contributed by atoms with Crippen LogP contribution in [0.4, 0.5) is 0 Å². The zero-order valence-electron chi connectivity index (χ0n) is 10.3. The Balaban J connectivity index is 1.86. The van der Waals surface area contributed by atoms with Crippen molar-refractivity contribution in [2.75, 3.05) is 19.4 Å². The molecule has 16 heavy (non-hydrogen) atoms. The third-order valence-electron chi connectivity index (χ3n) is 3.73. The lowest BCUT2D eigenvalue weighted by Gasteiger charge is -2.39. The Hall–Kier alpha value is -0.220. The molecule has 1 atom stereocenters. The normalized spacial score (nSPS) is 30.9. The molecule has 0 spiro atoms. The molecule has 0 radical (unpaired) electrons. The van der Waals surface area contributed by atoms with Crippen LogP contribution in [0.5, 0.6) is 0 Å². The molecule has 92 valence electrons. The average molecular weight is 242 g/mol. The van der Waals surface area contributed by atoms with Crippen molar-refractivity contribution in [3.05, 3.63) is 0 Å². The lowest BCUT2D eigenvalue weighted by atomic mass is 9.80. The number of hydrogen-bond acceptors (Lipinski definition) is 3. The Labute approximate surface area is 102 Å². The molecular formula is C12H22N2OS. The van der Waals surface area contributed by atoms with E-state index in [1.54, 1.807) is 0 Å². The number of nitrogens with one attached hydrogen (secondary N) is 1. The summed E-state index contributed by atoms with van der Waals surface area (Å²) in [4.78, 5) is 4.69. The minimum Gasteiger partial charge on any atom is -0.376 e. The third-order valence-corrected chi connectivity index (χ3v) is 4.69. The van der Waals surface area contributed by atoms with Gasteiger partial charge in [0.25, 0.3) is 0 Å². The smallest absolute Gasteiger partial charge is 0.156 e. The summed E-state index contributed by atoms with van der Waals surface area (Å²) < 4.78 is 5.57. The van der Waals surface area contributed by atoms with Crippen molar-refractivity contribution in [3.8, 4) is 0 Å². The van der Waals surface area contributed by atoms with Gasteiger partial charge >= 0.3 is 0 Å². The van der Waals surface area contributed by atoms with E-state index in [0.29, 0.717) is 6.04 Å². The largest absolute Gasteiger partial charge is 0.376 e. The standard InChI is InChI=1S/C12H22N2OS/c1-3-10-5-8-16-11(14-10)13-9-12(15-2)6-4-7-12/h10H,3-9H2,1-2H3,(H,13,14). The van der Waals surface area contributed by atoms with Crippen LogP contribution in [0, 0.1) is 0 Å². The van der Waals surface area contributed by atoms with E-state index in [1.165, 1.54) is 37.9 Å². The van der Waals surface area contributed by atoms with E-state index in [-0.39, 0.29) is 5.60 Å². The Morgan fingerprint density at radius 2 is 2.38 bits per heavy atom. The molecular weight excluding hydrogens is 220 g/mol. The van der Waals surface area contributed by atoms with E-state index >= 15 is 0 Å². The van der Waals surface area contributed by atoms with Crippen LogP contribution in [0.3, 0.4) is 0 Å². The van der Waals surface area contributed by atoms with Gasteiger partial charge in [-0.1, -0.05) is 18.7 Å². The number of nitrogens with zero attached hydrogens (tertiary/aromatic N) is 1. The Bertz CT molecular complexity index is 258. The molecule has 0 bridgehead atoms. The van der Waals surface area contributed by atoms with Crippen LogP contribution in [0.1, 0.15) is 39.0 Å². The molecule has 1 saturated carbocycles. The predicted molar refractivity (Wildman–Crippen MR) is 70.2 cm³/mol. The summed E-state index contributed by atoms with van der Waals surface area (Å²) in [5.41, 5.74) is 0.0639. The van der Waals surface area contributed by atoms with Gasteiger partial charge in [0, 0.05) is 18.9 Å². The molecule has 0 amide bonds. The zero-order valence-corrected chi connectivity index (χ0v) is 11.1. The van der Waals surface area contributed by atoms with Crippen molar-refractivity contribution in [3.63, 3.8) is 0 Å². The lowest BCUT2D eigenvalue weighted by Crippen LogP contribution is -2.44. The Kier molecular flexibility index (Phi) is 4.14. The average Bonchev–Trinajstić information content (AvgIpc) is 2.29. The van der Waals surface area contributed by atoms with Crippen molar-refractivity contribution < 1.29 is 4.74 Å². The van der Waals surface area contributed by atoms with Crippen LogP contribution in [0.2, 0.25) is 0 Å². The minimum absolute atomic E-state index is 0.0639. The van der Waals surface area contributed by atoms with Crippen molar-refractivity contribution >= 4 is 16.9 Å². The molecule has 1 N–H and O–H groups in total. The van der Waals surface area contributed by atoms with Gasteiger partial charge < -0.3 is 10.1 Å². The fraction of sp³-hybridized carbons (Fsp3) is 0.917. The second-order valence-corrected chi connectivity index (χ2v) is 5.83. The van der Waals surface area contributed by atoms with Gasteiger partial charge in [-0.3, -0.25) is 4.99 Å². The highest BCUT2D eigenvalue weighted by Gasteiger charge is 2.36. The van der Waals surface area contributed by atoms with Crippen LogP contribution in [0.15, 0.2) is 4.99 Å². The molecule has 0 aromatic carbocycles. The van der Waals surface area contributed by atoms with Gasteiger partial charge in [-0.05, 0) is 32.1 Å². The Morgan fingerprint density at radius 3 is 2.94 bits per heavy atom. The highest BCUT2D eigenvalue weighted by Crippen LogP contribution is 2.35. The molecule has 4 heteroatoms. The first-order valence-electron chi connectivity index (χ1n) is 6.27. The number of hydrogen-bond donors (Lipinski definition) is 1. The molecule has 0 aromatic rings. The molecule has 1 heterocycles. The van der Waals surface area contributed by atoms with Crippen LogP contribution in [-0.2, 0) is 4.74 Å². The van der Waals surface area contributed by atoms with E-state index in [1.807, 2.05) is 18.9 Å². The van der Waals surface area contributed by atoms with Crippen molar-refractivity contribution in [1.82, 2.24) is 5.32 Å². The monoisotopic (exact) mass is 242 g/mol. The molecule has 2 rings (SSSR count). The van der Waals surface area contributed by atoms with E-state index < -0.39 is 0 Å². The minimum atomic E-state index is 0.0639. The quantitative estimate of drug-likeness (QED) is 0.822. The van der Waals surface area contributed by atoms with Crippen molar-refractivity contribution in [2.24, 2.45) is 4.99 Å². The van der Waals surface area contributed by atoms with Gasteiger partial charge in [-0.25, -0.2) is 0 Å². The number of ether oxygens (including phenoxy) is 1. The van der Waals surface area contributed by atoms with Gasteiger partial charge in [0.05, 0.1) is 12.1 Å². The van der Waals surface area contributed by atoms with Gasteiger partial charge in [0.15, 0.2) is 5.17 Å². The SMILES string of the molecule is CCC1CCSC(=NCC2(OC)CCC2)N1. The topological polar surface area (TPSA) is 33.6 Å². The van der Waals surface area contributed by atoms with Gasteiger partial charge in [0.2, 0.25) is 0 Å². The summed E-state index contributed by atoms with van der Waals surface area (Å²) in [7, 11) is 1.82. The maximum absolute atomic E-state index is 5.57. The Morgan fingerprint density at radius 1 is 1.56 bits per heavy atom. The maximum atomic E-state index is 5.57. The summed E-state index contributed by atoms with van der Waals surface area (Å²) in [5, 5.41) is 4.63. The predicted octanol–water partition coefficient (Wildman–Crippen LogP) is 2.42. The van der Waals surface area contributed by atoms with Crippen LogP contribution >= 0.6 is 11.8 Å².